The van der Waals surface area contributed by atoms with Crippen LogP contribution in [0.15, 0.2) is 6.07 Å². The van der Waals surface area contributed by atoms with E-state index >= 15 is 0 Å². The summed E-state index contributed by atoms with van der Waals surface area (Å²) in [5.41, 5.74) is 3.17. The highest BCUT2D eigenvalue weighted by Gasteiger charge is 2.06. The van der Waals surface area contributed by atoms with Crippen LogP contribution < -0.4 is 0 Å². The van der Waals surface area contributed by atoms with Gasteiger partial charge in [0.1, 0.15) is 4.64 Å². The molecule has 0 atom stereocenters. The Morgan fingerprint density at radius 1 is 1.27 bits per heavy atom. The quantitative estimate of drug-likeness (QED) is 0.763. The zero-order valence-corrected chi connectivity index (χ0v) is 9.97. The molecule has 84 valence electrons. The summed E-state index contributed by atoms with van der Waals surface area (Å²) in [6.07, 6.45) is 0.580. The summed E-state index contributed by atoms with van der Waals surface area (Å²) >= 11 is 5.34. The number of aliphatic hydroxyl groups excluding tert-OH is 2. The van der Waals surface area contributed by atoms with E-state index in [9.17, 15) is 0 Å². The number of rotatable bonds is 4. The number of hydrogen-bond donors (Lipinski definition) is 2. The smallest absolute Gasteiger partial charge is 0.109 e. The van der Waals surface area contributed by atoms with Crippen molar-refractivity contribution in [3.8, 4) is 0 Å². The van der Waals surface area contributed by atoms with Gasteiger partial charge in [0.2, 0.25) is 0 Å². The lowest BCUT2D eigenvalue weighted by Crippen LogP contribution is -2.11. The Kier molecular flexibility index (Phi) is 4.45. The Morgan fingerprint density at radius 3 is 2.47 bits per heavy atom. The third-order valence-electron chi connectivity index (χ3n) is 2.52. The summed E-state index contributed by atoms with van der Waals surface area (Å²) in [5, 5.41) is 17.9. The molecule has 0 amide bonds. The molecule has 0 fully saturated rings. The van der Waals surface area contributed by atoms with Crippen LogP contribution >= 0.6 is 12.2 Å². The summed E-state index contributed by atoms with van der Waals surface area (Å²) in [7, 11) is 0. The van der Waals surface area contributed by atoms with E-state index < -0.39 is 0 Å². The number of aryl methyl sites for hydroxylation is 2. The minimum Gasteiger partial charge on any atom is -0.396 e. The van der Waals surface area contributed by atoms with Gasteiger partial charge in [-0.25, -0.2) is 0 Å². The normalized spacial score (nSPS) is 10.7. The summed E-state index contributed by atoms with van der Waals surface area (Å²) in [5.74, 6) is 0. The van der Waals surface area contributed by atoms with E-state index in [1.807, 2.05) is 24.5 Å². The van der Waals surface area contributed by atoms with Crippen molar-refractivity contribution in [2.45, 2.75) is 26.8 Å². The Morgan fingerprint density at radius 2 is 1.93 bits per heavy atom. The van der Waals surface area contributed by atoms with Crippen molar-refractivity contribution in [3.05, 3.63) is 27.5 Å². The molecule has 0 saturated heterocycles. The monoisotopic (exact) mass is 227 g/mol. The highest BCUT2D eigenvalue weighted by atomic mass is 32.1. The average Bonchev–Trinajstić information content (AvgIpc) is 2.19. The Labute approximate surface area is 95.0 Å². The Bertz CT molecular complexity index is 365. The minimum atomic E-state index is 0.0801. The van der Waals surface area contributed by atoms with Crippen LogP contribution in [0.2, 0.25) is 0 Å². The second kappa shape index (κ2) is 5.39. The lowest BCUT2D eigenvalue weighted by Gasteiger charge is -2.14. The molecule has 1 aromatic rings. The van der Waals surface area contributed by atoms with E-state index in [-0.39, 0.29) is 13.2 Å². The molecule has 0 aromatic carbocycles. The SMILES string of the molecule is Cc1cc(C)n(CCO)c(=S)c1CCO. The van der Waals surface area contributed by atoms with E-state index in [1.165, 1.54) is 0 Å². The van der Waals surface area contributed by atoms with E-state index in [4.69, 9.17) is 22.4 Å². The van der Waals surface area contributed by atoms with Crippen molar-refractivity contribution in [2.24, 2.45) is 0 Å². The molecular formula is C11H17NO2S. The van der Waals surface area contributed by atoms with Crippen molar-refractivity contribution >= 4 is 12.2 Å². The first-order valence-electron chi connectivity index (χ1n) is 5.03. The van der Waals surface area contributed by atoms with Gasteiger partial charge >= 0.3 is 0 Å². The molecule has 1 heterocycles. The van der Waals surface area contributed by atoms with Crippen molar-refractivity contribution in [3.63, 3.8) is 0 Å². The highest BCUT2D eigenvalue weighted by molar-refractivity contribution is 7.71. The molecule has 1 rings (SSSR count). The van der Waals surface area contributed by atoms with Crippen LogP contribution in [0.4, 0.5) is 0 Å². The van der Waals surface area contributed by atoms with Crippen LogP contribution in [0.3, 0.4) is 0 Å². The molecule has 4 heteroatoms. The Balaban J connectivity index is 3.29. The first kappa shape index (κ1) is 12.4. The van der Waals surface area contributed by atoms with Crippen LogP contribution in [0.5, 0.6) is 0 Å². The predicted molar refractivity (Wildman–Crippen MR) is 62.6 cm³/mol. The van der Waals surface area contributed by atoms with E-state index in [0.29, 0.717) is 13.0 Å². The fraction of sp³-hybridized carbons (Fsp3) is 0.545. The van der Waals surface area contributed by atoms with Gasteiger partial charge in [-0.15, -0.1) is 0 Å². The molecule has 0 bridgehead atoms. The third kappa shape index (κ3) is 2.65. The maximum absolute atomic E-state index is 8.95. The molecule has 0 aliphatic carbocycles. The number of aliphatic hydroxyl groups is 2. The van der Waals surface area contributed by atoms with Crippen LogP contribution in [-0.4, -0.2) is 28.0 Å². The minimum absolute atomic E-state index is 0.0801. The van der Waals surface area contributed by atoms with Gasteiger partial charge in [-0.2, -0.15) is 0 Å². The molecule has 0 unspecified atom stereocenters. The maximum Gasteiger partial charge on any atom is 0.109 e. The van der Waals surface area contributed by atoms with Gasteiger partial charge in [0, 0.05) is 18.8 Å². The van der Waals surface area contributed by atoms with Crippen molar-refractivity contribution in [2.75, 3.05) is 13.2 Å². The van der Waals surface area contributed by atoms with Gasteiger partial charge in [0.15, 0.2) is 0 Å². The number of aromatic nitrogens is 1. The van der Waals surface area contributed by atoms with Gasteiger partial charge in [0.25, 0.3) is 0 Å². The molecule has 3 nitrogen and oxygen atoms in total. The van der Waals surface area contributed by atoms with E-state index in [2.05, 4.69) is 0 Å². The lowest BCUT2D eigenvalue weighted by molar-refractivity contribution is 0.273. The molecule has 15 heavy (non-hydrogen) atoms. The number of nitrogens with zero attached hydrogens (tertiary/aromatic N) is 1. The molecule has 0 saturated carbocycles. The predicted octanol–water partition coefficient (Wildman–Crippen LogP) is 1.36. The Hall–Kier alpha value is -0.710. The fourth-order valence-electron chi connectivity index (χ4n) is 1.76. The van der Waals surface area contributed by atoms with Crippen LogP contribution in [0.25, 0.3) is 0 Å². The summed E-state index contributed by atoms with van der Waals surface area (Å²) < 4.78 is 2.64. The topological polar surface area (TPSA) is 45.4 Å². The third-order valence-corrected chi connectivity index (χ3v) is 2.98. The zero-order chi connectivity index (χ0) is 11.4. The van der Waals surface area contributed by atoms with Crippen LogP contribution in [0.1, 0.15) is 16.8 Å². The van der Waals surface area contributed by atoms with Crippen molar-refractivity contribution < 1.29 is 10.2 Å². The number of pyridine rings is 1. The van der Waals surface area contributed by atoms with Gasteiger partial charge in [-0.05, 0) is 37.5 Å². The molecule has 2 N–H and O–H groups in total. The lowest BCUT2D eigenvalue weighted by atomic mass is 10.1. The van der Waals surface area contributed by atoms with E-state index in [0.717, 1.165) is 21.5 Å². The van der Waals surface area contributed by atoms with Crippen molar-refractivity contribution in [1.82, 2.24) is 4.57 Å². The van der Waals surface area contributed by atoms with Gasteiger partial charge in [-0.3, -0.25) is 0 Å². The van der Waals surface area contributed by atoms with E-state index in [1.54, 1.807) is 0 Å². The molecule has 1 aromatic heterocycles. The standard InChI is InChI=1S/C11H17NO2S/c1-8-7-9(2)12(4-6-14)11(15)10(8)3-5-13/h7,13-14H,3-6H2,1-2H3. The maximum atomic E-state index is 8.95. The average molecular weight is 227 g/mol. The largest absolute Gasteiger partial charge is 0.396 e. The van der Waals surface area contributed by atoms with Crippen LogP contribution in [-0.2, 0) is 13.0 Å². The van der Waals surface area contributed by atoms with Crippen molar-refractivity contribution in [1.29, 1.82) is 0 Å². The fourth-order valence-corrected chi connectivity index (χ4v) is 2.26. The summed E-state index contributed by atoms with van der Waals surface area (Å²) in [6.45, 7) is 4.67. The molecular weight excluding hydrogens is 210 g/mol. The summed E-state index contributed by atoms with van der Waals surface area (Å²) in [4.78, 5) is 0. The number of hydrogen-bond acceptors (Lipinski definition) is 3. The molecule has 0 radical (unpaired) electrons. The molecule has 0 aliphatic rings. The van der Waals surface area contributed by atoms with Gasteiger partial charge in [0.05, 0.1) is 6.61 Å². The first-order chi connectivity index (χ1) is 7.11. The zero-order valence-electron chi connectivity index (χ0n) is 9.16. The molecule has 0 spiro atoms. The van der Waals surface area contributed by atoms with Crippen LogP contribution in [0, 0.1) is 18.5 Å². The molecule has 0 aliphatic heterocycles. The van der Waals surface area contributed by atoms with Gasteiger partial charge < -0.3 is 14.8 Å². The first-order valence-corrected chi connectivity index (χ1v) is 5.44. The highest BCUT2D eigenvalue weighted by Crippen LogP contribution is 2.14. The van der Waals surface area contributed by atoms with Gasteiger partial charge in [-0.1, -0.05) is 12.2 Å². The second-order valence-corrected chi connectivity index (χ2v) is 3.99. The summed E-state index contributed by atoms with van der Waals surface area (Å²) in [6, 6.07) is 2.04. The second-order valence-electron chi connectivity index (χ2n) is 3.60.